The summed E-state index contributed by atoms with van der Waals surface area (Å²) < 4.78 is 0.807. The van der Waals surface area contributed by atoms with Crippen molar-refractivity contribution in [2.24, 2.45) is 0 Å². The first-order chi connectivity index (χ1) is 6.34. The van der Waals surface area contributed by atoms with E-state index in [1.54, 1.807) is 17.5 Å². The topological polar surface area (TPSA) is 12.9 Å². The van der Waals surface area contributed by atoms with E-state index in [-0.39, 0.29) is 0 Å². The molecule has 13 heavy (non-hydrogen) atoms. The number of halogens is 1. The molecule has 1 aliphatic carbocycles. The summed E-state index contributed by atoms with van der Waals surface area (Å²) in [5.41, 5.74) is 0. The van der Waals surface area contributed by atoms with Crippen LogP contribution in [0.2, 0.25) is 4.34 Å². The van der Waals surface area contributed by atoms with Crippen LogP contribution in [0, 0.1) is 0 Å². The fraction of sp³-hybridized carbons (Fsp3) is 0.667. The van der Waals surface area contributed by atoms with Crippen LogP contribution in [-0.2, 0) is 5.75 Å². The number of aromatic nitrogens is 1. The molecule has 1 aromatic heterocycles. The van der Waals surface area contributed by atoms with Crippen LogP contribution in [0.1, 0.15) is 30.7 Å². The van der Waals surface area contributed by atoms with Crippen LogP contribution in [0.15, 0.2) is 6.20 Å². The molecule has 1 nitrogen and oxygen atoms in total. The van der Waals surface area contributed by atoms with Crippen LogP contribution in [0.3, 0.4) is 0 Å². The minimum absolute atomic E-state index is 0.807. The van der Waals surface area contributed by atoms with Gasteiger partial charge in [0.15, 0.2) is 0 Å². The van der Waals surface area contributed by atoms with E-state index in [4.69, 9.17) is 11.6 Å². The molecular weight excluding hydrogens is 222 g/mol. The first kappa shape index (κ1) is 9.81. The Balaban J connectivity index is 1.78. The average molecular weight is 234 g/mol. The summed E-state index contributed by atoms with van der Waals surface area (Å²) in [4.78, 5) is 4.24. The highest BCUT2D eigenvalue weighted by atomic mass is 35.5. The Hall–Kier alpha value is 0.270. The van der Waals surface area contributed by atoms with Gasteiger partial charge in [0.1, 0.15) is 9.34 Å². The number of hydrogen-bond donors (Lipinski definition) is 0. The third-order valence-corrected chi connectivity index (χ3v) is 4.95. The van der Waals surface area contributed by atoms with Crippen LogP contribution >= 0.6 is 34.7 Å². The Morgan fingerprint density at radius 2 is 2.31 bits per heavy atom. The second-order valence-electron chi connectivity index (χ2n) is 3.28. The SMILES string of the molecule is Clc1cnc(CSC2CCCC2)s1. The fourth-order valence-electron chi connectivity index (χ4n) is 1.60. The number of hydrogen-bond acceptors (Lipinski definition) is 3. The summed E-state index contributed by atoms with van der Waals surface area (Å²) in [6.07, 6.45) is 7.36. The zero-order chi connectivity index (χ0) is 9.10. The van der Waals surface area contributed by atoms with Crippen molar-refractivity contribution >= 4 is 34.7 Å². The second-order valence-corrected chi connectivity index (χ2v) is 6.31. The molecule has 1 fully saturated rings. The summed E-state index contributed by atoms with van der Waals surface area (Å²) in [5.74, 6) is 1.04. The summed E-state index contributed by atoms with van der Waals surface area (Å²) in [6, 6.07) is 0. The molecule has 0 atom stereocenters. The molecule has 0 unspecified atom stereocenters. The molecule has 0 aromatic carbocycles. The molecule has 1 aliphatic rings. The van der Waals surface area contributed by atoms with Crippen LogP contribution in [0.5, 0.6) is 0 Å². The highest BCUT2D eigenvalue weighted by molar-refractivity contribution is 7.99. The predicted molar refractivity (Wildman–Crippen MR) is 60.7 cm³/mol. The molecule has 4 heteroatoms. The van der Waals surface area contributed by atoms with Gasteiger partial charge in [-0.1, -0.05) is 24.4 Å². The fourth-order valence-corrected chi connectivity index (χ4v) is 3.91. The molecule has 72 valence electrons. The smallest absolute Gasteiger partial charge is 0.113 e. The lowest BCUT2D eigenvalue weighted by atomic mass is 10.4. The van der Waals surface area contributed by atoms with Crippen LogP contribution in [0.4, 0.5) is 0 Å². The van der Waals surface area contributed by atoms with E-state index in [0.717, 1.165) is 15.3 Å². The second kappa shape index (κ2) is 4.67. The summed E-state index contributed by atoms with van der Waals surface area (Å²) >= 11 is 9.45. The standard InChI is InChI=1S/C9H12ClNS2/c10-8-5-11-9(13-8)6-12-7-3-1-2-4-7/h5,7H,1-4,6H2. The molecule has 0 aliphatic heterocycles. The van der Waals surface area contributed by atoms with E-state index in [1.807, 2.05) is 11.8 Å². The molecule has 0 spiro atoms. The maximum Gasteiger partial charge on any atom is 0.113 e. The third kappa shape index (κ3) is 2.86. The molecule has 1 heterocycles. The highest BCUT2D eigenvalue weighted by Gasteiger charge is 2.15. The molecule has 0 amide bonds. The Morgan fingerprint density at radius 3 is 2.92 bits per heavy atom. The average Bonchev–Trinajstić information content (AvgIpc) is 2.71. The highest BCUT2D eigenvalue weighted by Crippen LogP contribution is 2.32. The van der Waals surface area contributed by atoms with Crippen molar-refractivity contribution in [3.8, 4) is 0 Å². The van der Waals surface area contributed by atoms with Gasteiger partial charge in [-0.15, -0.1) is 11.3 Å². The monoisotopic (exact) mass is 233 g/mol. The van der Waals surface area contributed by atoms with Gasteiger partial charge in [-0.05, 0) is 12.8 Å². The Morgan fingerprint density at radius 1 is 1.54 bits per heavy atom. The van der Waals surface area contributed by atoms with Crippen molar-refractivity contribution in [3.63, 3.8) is 0 Å². The quantitative estimate of drug-likeness (QED) is 0.784. The van der Waals surface area contributed by atoms with Crippen molar-refractivity contribution in [2.45, 2.75) is 36.7 Å². The minimum atomic E-state index is 0.807. The summed E-state index contributed by atoms with van der Waals surface area (Å²) in [5, 5.41) is 2.05. The lowest BCUT2D eigenvalue weighted by Crippen LogP contribution is -1.94. The van der Waals surface area contributed by atoms with Crippen molar-refractivity contribution < 1.29 is 0 Å². The van der Waals surface area contributed by atoms with E-state index >= 15 is 0 Å². The molecule has 0 N–H and O–H groups in total. The van der Waals surface area contributed by atoms with E-state index in [2.05, 4.69) is 4.98 Å². The van der Waals surface area contributed by atoms with Gasteiger partial charge in [0.25, 0.3) is 0 Å². The molecule has 1 aromatic rings. The van der Waals surface area contributed by atoms with Gasteiger partial charge < -0.3 is 0 Å². The lowest BCUT2D eigenvalue weighted by molar-refractivity contribution is 0.886. The first-order valence-corrected chi connectivity index (χ1v) is 6.81. The van der Waals surface area contributed by atoms with Gasteiger partial charge >= 0.3 is 0 Å². The van der Waals surface area contributed by atoms with Crippen molar-refractivity contribution in [1.82, 2.24) is 4.98 Å². The van der Waals surface area contributed by atoms with Crippen molar-refractivity contribution in [2.75, 3.05) is 0 Å². The number of thioether (sulfide) groups is 1. The number of nitrogens with zero attached hydrogens (tertiary/aromatic N) is 1. The maximum atomic E-state index is 5.80. The van der Waals surface area contributed by atoms with Crippen molar-refractivity contribution in [3.05, 3.63) is 15.5 Å². The number of rotatable bonds is 3. The molecular formula is C9H12ClNS2. The van der Waals surface area contributed by atoms with Gasteiger partial charge in [0.2, 0.25) is 0 Å². The van der Waals surface area contributed by atoms with Crippen LogP contribution in [0.25, 0.3) is 0 Å². The summed E-state index contributed by atoms with van der Waals surface area (Å²) in [6.45, 7) is 0. The van der Waals surface area contributed by atoms with Gasteiger partial charge in [-0.25, -0.2) is 4.98 Å². The Labute approximate surface area is 91.9 Å². The number of thiazole rings is 1. The van der Waals surface area contributed by atoms with Gasteiger partial charge in [-0.3, -0.25) is 0 Å². The normalized spacial score (nSPS) is 18.2. The molecule has 0 radical (unpaired) electrons. The van der Waals surface area contributed by atoms with E-state index in [0.29, 0.717) is 0 Å². The molecule has 0 bridgehead atoms. The maximum absolute atomic E-state index is 5.80. The Bertz CT molecular complexity index is 268. The van der Waals surface area contributed by atoms with Crippen LogP contribution < -0.4 is 0 Å². The summed E-state index contributed by atoms with van der Waals surface area (Å²) in [7, 11) is 0. The van der Waals surface area contributed by atoms with Crippen molar-refractivity contribution in [1.29, 1.82) is 0 Å². The van der Waals surface area contributed by atoms with Gasteiger partial charge in [-0.2, -0.15) is 11.8 Å². The zero-order valence-corrected chi connectivity index (χ0v) is 9.72. The Kier molecular flexibility index (Phi) is 3.52. The van der Waals surface area contributed by atoms with E-state index in [9.17, 15) is 0 Å². The van der Waals surface area contributed by atoms with Crippen LogP contribution in [-0.4, -0.2) is 10.2 Å². The zero-order valence-electron chi connectivity index (χ0n) is 7.33. The largest absolute Gasteiger partial charge is 0.247 e. The lowest BCUT2D eigenvalue weighted by Gasteiger charge is -2.05. The molecule has 1 saturated carbocycles. The van der Waals surface area contributed by atoms with E-state index < -0.39 is 0 Å². The minimum Gasteiger partial charge on any atom is -0.247 e. The van der Waals surface area contributed by atoms with Gasteiger partial charge in [0.05, 0.1) is 6.20 Å². The first-order valence-electron chi connectivity index (χ1n) is 4.56. The third-order valence-electron chi connectivity index (χ3n) is 2.27. The van der Waals surface area contributed by atoms with Gasteiger partial charge in [0, 0.05) is 11.0 Å². The van der Waals surface area contributed by atoms with E-state index in [1.165, 1.54) is 30.7 Å². The molecule has 2 rings (SSSR count). The molecule has 0 saturated heterocycles. The predicted octanol–water partition coefficient (Wildman–Crippen LogP) is 3.97.